The minimum atomic E-state index is 0.597. The standard InChI is InChI=1S/C12H19N3S/c1-3-10-8-12(14-9(2)13-10)15-11-4-6-16-7-5-11/h8,11H,3-7H2,1-2H3,(H,13,14,15). The van der Waals surface area contributed by atoms with Gasteiger partial charge >= 0.3 is 0 Å². The van der Waals surface area contributed by atoms with Gasteiger partial charge in [0.2, 0.25) is 0 Å². The first-order chi connectivity index (χ1) is 7.78. The van der Waals surface area contributed by atoms with Gasteiger partial charge in [0.05, 0.1) is 0 Å². The zero-order chi connectivity index (χ0) is 11.4. The van der Waals surface area contributed by atoms with Crippen LogP contribution in [0.4, 0.5) is 5.82 Å². The monoisotopic (exact) mass is 237 g/mol. The van der Waals surface area contributed by atoms with Gasteiger partial charge < -0.3 is 5.32 Å². The Kier molecular flexibility index (Phi) is 4.04. The minimum absolute atomic E-state index is 0.597. The van der Waals surface area contributed by atoms with E-state index in [0.29, 0.717) is 6.04 Å². The normalized spacial score (nSPS) is 17.4. The van der Waals surface area contributed by atoms with Crippen LogP contribution in [0.3, 0.4) is 0 Å². The van der Waals surface area contributed by atoms with Crippen LogP contribution in [0.5, 0.6) is 0 Å². The minimum Gasteiger partial charge on any atom is -0.367 e. The summed E-state index contributed by atoms with van der Waals surface area (Å²) in [6.45, 7) is 4.09. The summed E-state index contributed by atoms with van der Waals surface area (Å²) >= 11 is 2.05. The first kappa shape index (κ1) is 11.7. The van der Waals surface area contributed by atoms with Crippen molar-refractivity contribution in [3.05, 3.63) is 17.6 Å². The van der Waals surface area contributed by atoms with Crippen molar-refractivity contribution < 1.29 is 0 Å². The average Bonchev–Trinajstić information content (AvgIpc) is 2.29. The molecular weight excluding hydrogens is 218 g/mol. The Morgan fingerprint density at radius 3 is 2.81 bits per heavy atom. The first-order valence-corrected chi connectivity index (χ1v) is 7.12. The molecule has 1 saturated heterocycles. The Labute approximate surface area is 101 Å². The van der Waals surface area contributed by atoms with Gasteiger partial charge in [-0.25, -0.2) is 9.97 Å². The average molecular weight is 237 g/mol. The zero-order valence-corrected chi connectivity index (χ0v) is 10.8. The molecule has 0 radical (unpaired) electrons. The molecule has 1 aliphatic rings. The molecule has 0 aliphatic carbocycles. The summed E-state index contributed by atoms with van der Waals surface area (Å²) in [5.41, 5.74) is 1.13. The zero-order valence-electron chi connectivity index (χ0n) is 9.99. The highest BCUT2D eigenvalue weighted by molar-refractivity contribution is 7.99. The highest BCUT2D eigenvalue weighted by Crippen LogP contribution is 2.20. The molecule has 2 rings (SSSR count). The van der Waals surface area contributed by atoms with Gasteiger partial charge in [0.1, 0.15) is 11.6 Å². The molecule has 1 fully saturated rings. The van der Waals surface area contributed by atoms with Crippen molar-refractivity contribution in [2.24, 2.45) is 0 Å². The van der Waals surface area contributed by atoms with Gasteiger partial charge in [0, 0.05) is 17.8 Å². The van der Waals surface area contributed by atoms with Crippen molar-refractivity contribution in [2.75, 3.05) is 16.8 Å². The molecule has 1 aromatic heterocycles. The number of hydrogen-bond donors (Lipinski definition) is 1. The third-order valence-corrected chi connectivity index (χ3v) is 3.88. The lowest BCUT2D eigenvalue weighted by Crippen LogP contribution is -2.25. The van der Waals surface area contributed by atoms with Crippen molar-refractivity contribution in [1.82, 2.24) is 9.97 Å². The van der Waals surface area contributed by atoms with E-state index in [1.165, 1.54) is 24.3 Å². The summed E-state index contributed by atoms with van der Waals surface area (Å²) in [6, 6.07) is 2.68. The summed E-state index contributed by atoms with van der Waals surface area (Å²) < 4.78 is 0. The summed E-state index contributed by atoms with van der Waals surface area (Å²) in [5, 5.41) is 3.53. The van der Waals surface area contributed by atoms with Gasteiger partial charge in [-0.2, -0.15) is 11.8 Å². The van der Waals surface area contributed by atoms with E-state index in [-0.39, 0.29) is 0 Å². The summed E-state index contributed by atoms with van der Waals surface area (Å²) in [5.74, 6) is 4.40. The lowest BCUT2D eigenvalue weighted by atomic mass is 10.1. The molecule has 0 aromatic carbocycles. The number of thioether (sulfide) groups is 1. The van der Waals surface area contributed by atoms with E-state index in [1.54, 1.807) is 0 Å². The van der Waals surface area contributed by atoms with Crippen LogP contribution in [0.1, 0.15) is 31.3 Å². The van der Waals surface area contributed by atoms with E-state index in [0.717, 1.165) is 23.8 Å². The van der Waals surface area contributed by atoms with E-state index in [2.05, 4.69) is 28.3 Å². The predicted octanol–water partition coefficient (Wildman–Crippen LogP) is 2.65. The second-order valence-electron chi connectivity index (χ2n) is 4.18. The van der Waals surface area contributed by atoms with E-state index in [1.807, 2.05) is 18.7 Å². The number of aryl methyl sites for hydroxylation is 2. The van der Waals surface area contributed by atoms with Crippen molar-refractivity contribution in [1.29, 1.82) is 0 Å². The molecule has 0 atom stereocenters. The molecule has 0 bridgehead atoms. The molecule has 3 nitrogen and oxygen atoms in total. The third-order valence-electron chi connectivity index (χ3n) is 2.83. The van der Waals surface area contributed by atoms with E-state index >= 15 is 0 Å². The van der Waals surface area contributed by atoms with Crippen LogP contribution >= 0.6 is 11.8 Å². The van der Waals surface area contributed by atoms with Crippen LogP contribution < -0.4 is 5.32 Å². The van der Waals surface area contributed by atoms with Gasteiger partial charge in [-0.1, -0.05) is 6.92 Å². The van der Waals surface area contributed by atoms with Crippen molar-refractivity contribution in [2.45, 2.75) is 39.2 Å². The SMILES string of the molecule is CCc1cc(NC2CCSCC2)nc(C)n1. The molecule has 16 heavy (non-hydrogen) atoms. The number of hydrogen-bond acceptors (Lipinski definition) is 4. The van der Waals surface area contributed by atoms with E-state index in [4.69, 9.17) is 0 Å². The van der Waals surface area contributed by atoms with Crippen LogP contribution in [-0.2, 0) is 6.42 Å². The lowest BCUT2D eigenvalue weighted by molar-refractivity contribution is 0.662. The fraction of sp³-hybridized carbons (Fsp3) is 0.667. The smallest absolute Gasteiger partial charge is 0.130 e. The molecule has 0 amide bonds. The number of nitrogens with zero attached hydrogens (tertiary/aromatic N) is 2. The Morgan fingerprint density at radius 1 is 1.38 bits per heavy atom. The molecule has 1 N–H and O–H groups in total. The van der Waals surface area contributed by atoms with Crippen LogP contribution in [0, 0.1) is 6.92 Å². The summed E-state index contributed by atoms with van der Waals surface area (Å²) in [4.78, 5) is 8.84. The van der Waals surface area contributed by atoms with E-state index in [9.17, 15) is 0 Å². The highest BCUT2D eigenvalue weighted by Gasteiger charge is 2.14. The number of anilines is 1. The Morgan fingerprint density at radius 2 is 2.12 bits per heavy atom. The fourth-order valence-electron chi connectivity index (χ4n) is 1.94. The second-order valence-corrected chi connectivity index (χ2v) is 5.40. The van der Waals surface area contributed by atoms with Gasteiger partial charge in [-0.3, -0.25) is 0 Å². The Bertz CT molecular complexity index is 348. The van der Waals surface area contributed by atoms with E-state index < -0.39 is 0 Å². The maximum Gasteiger partial charge on any atom is 0.130 e. The molecule has 1 aliphatic heterocycles. The highest BCUT2D eigenvalue weighted by atomic mass is 32.2. The maximum absolute atomic E-state index is 4.45. The molecule has 4 heteroatoms. The van der Waals surface area contributed by atoms with Gasteiger partial charge in [-0.05, 0) is 37.7 Å². The second kappa shape index (κ2) is 5.53. The predicted molar refractivity (Wildman–Crippen MR) is 70.1 cm³/mol. The summed E-state index contributed by atoms with van der Waals surface area (Å²) in [7, 11) is 0. The van der Waals surface area contributed by atoms with Crippen LogP contribution in [0.15, 0.2) is 6.07 Å². The van der Waals surface area contributed by atoms with Gasteiger partial charge in [0.15, 0.2) is 0 Å². The molecular formula is C12H19N3S. The van der Waals surface area contributed by atoms with Crippen molar-refractivity contribution >= 4 is 17.6 Å². The first-order valence-electron chi connectivity index (χ1n) is 5.96. The van der Waals surface area contributed by atoms with Crippen LogP contribution in [-0.4, -0.2) is 27.5 Å². The number of rotatable bonds is 3. The van der Waals surface area contributed by atoms with Crippen LogP contribution in [0.2, 0.25) is 0 Å². The maximum atomic E-state index is 4.45. The topological polar surface area (TPSA) is 37.8 Å². The molecule has 0 saturated carbocycles. The Balaban J connectivity index is 2.04. The third kappa shape index (κ3) is 3.11. The number of aromatic nitrogens is 2. The fourth-order valence-corrected chi connectivity index (χ4v) is 3.04. The molecule has 1 aromatic rings. The van der Waals surface area contributed by atoms with Gasteiger partial charge in [-0.15, -0.1) is 0 Å². The Hall–Kier alpha value is -0.770. The van der Waals surface area contributed by atoms with Gasteiger partial charge in [0.25, 0.3) is 0 Å². The van der Waals surface area contributed by atoms with Crippen LogP contribution in [0.25, 0.3) is 0 Å². The molecule has 0 spiro atoms. The quantitative estimate of drug-likeness (QED) is 0.877. The largest absolute Gasteiger partial charge is 0.367 e. The molecule has 2 heterocycles. The number of nitrogens with one attached hydrogen (secondary N) is 1. The molecule has 0 unspecified atom stereocenters. The summed E-state index contributed by atoms with van der Waals surface area (Å²) in [6.07, 6.45) is 3.46. The van der Waals surface area contributed by atoms with Crippen molar-refractivity contribution in [3.8, 4) is 0 Å². The molecule has 88 valence electrons. The van der Waals surface area contributed by atoms with Crippen molar-refractivity contribution in [3.63, 3.8) is 0 Å². The lowest BCUT2D eigenvalue weighted by Gasteiger charge is -2.23.